The Morgan fingerprint density at radius 1 is 1.09 bits per heavy atom. The standard InChI is InChI=1S/C6H12O5/c1-3(8)5(10)6(11)4(9)2-7/h2-6,8-11H,1H3/t3-,4+,5+,6-/m0/s1/i2+2. The summed E-state index contributed by atoms with van der Waals surface area (Å²) >= 11 is 0. The predicted molar refractivity (Wildman–Crippen MR) is 35.8 cm³/mol. The Hall–Kier alpha value is -0.490. The molecule has 0 aliphatic rings. The second-order valence-corrected chi connectivity index (χ2v) is 2.35. The molecule has 0 bridgehead atoms. The SMILES string of the molecule is C[C@H](O)[C@@H](O)[C@@H](O)[C@H](O)[14CH]=O. The van der Waals surface area contributed by atoms with Crippen molar-refractivity contribution in [2.24, 2.45) is 0 Å². The van der Waals surface area contributed by atoms with Crippen LogP contribution in [0.5, 0.6) is 0 Å². The van der Waals surface area contributed by atoms with Crippen molar-refractivity contribution in [1.82, 2.24) is 0 Å². The highest BCUT2D eigenvalue weighted by atomic mass is 16.4. The van der Waals surface area contributed by atoms with E-state index in [2.05, 4.69) is 0 Å². The smallest absolute Gasteiger partial charge is 0.151 e. The van der Waals surface area contributed by atoms with Gasteiger partial charge >= 0.3 is 0 Å². The maximum Gasteiger partial charge on any atom is 0.151 e. The molecule has 0 amide bonds. The topological polar surface area (TPSA) is 98.0 Å². The first-order chi connectivity index (χ1) is 5.00. The molecule has 0 saturated carbocycles. The van der Waals surface area contributed by atoms with Crippen molar-refractivity contribution in [2.75, 3.05) is 0 Å². The zero-order valence-electron chi connectivity index (χ0n) is 6.08. The quantitative estimate of drug-likeness (QED) is 0.350. The Balaban J connectivity index is 4.00. The number of aliphatic hydroxyl groups excluding tert-OH is 4. The van der Waals surface area contributed by atoms with Gasteiger partial charge in [0.05, 0.1) is 6.10 Å². The molecule has 4 atom stereocenters. The van der Waals surface area contributed by atoms with E-state index in [1.54, 1.807) is 0 Å². The van der Waals surface area contributed by atoms with Gasteiger partial charge in [0.2, 0.25) is 0 Å². The summed E-state index contributed by atoms with van der Waals surface area (Å²) in [5, 5.41) is 35.1. The van der Waals surface area contributed by atoms with Crippen LogP contribution in [-0.4, -0.2) is 51.1 Å². The van der Waals surface area contributed by atoms with Gasteiger partial charge in [-0.25, -0.2) is 0 Å². The van der Waals surface area contributed by atoms with Crippen LogP contribution in [-0.2, 0) is 4.79 Å². The molecule has 0 rings (SSSR count). The van der Waals surface area contributed by atoms with Gasteiger partial charge < -0.3 is 25.2 Å². The Morgan fingerprint density at radius 2 is 1.55 bits per heavy atom. The average Bonchev–Trinajstić information content (AvgIpc) is 2.00. The first-order valence-electron chi connectivity index (χ1n) is 3.18. The molecule has 5 nitrogen and oxygen atoms in total. The van der Waals surface area contributed by atoms with Crippen LogP contribution >= 0.6 is 0 Å². The highest BCUT2D eigenvalue weighted by molar-refractivity contribution is 5.56. The van der Waals surface area contributed by atoms with Gasteiger partial charge in [0, 0.05) is 0 Å². The maximum absolute atomic E-state index is 9.87. The van der Waals surface area contributed by atoms with Gasteiger partial charge in [0.15, 0.2) is 6.29 Å². The van der Waals surface area contributed by atoms with Crippen molar-refractivity contribution >= 4 is 6.29 Å². The third-order valence-corrected chi connectivity index (χ3v) is 1.33. The summed E-state index contributed by atoms with van der Waals surface area (Å²) in [5.41, 5.74) is 0. The highest BCUT2D eigenvalue weighted by Gasteiger charge is 2.27. The van der Waals surface area contributed by atoms with Crippen LogP contribution in [0.15, 0.2) is 0 Å². The molecule has 0 aromatic carbocycles. The molecule has 11 heavy (non-hydrogen) atoms. The lowest BCUT2D eigenvalue weighted by Gasteiger charge is -2.21. The van der Waals surface area contributed by atoms with Crippen LogP contribution in [0.25, 0.3) is 0 Å². The van der Waals surface area contributed by atoms with Crippen molar-refractivity contribution < 1.29 is 25.2 Å². The molecule has 4 N–H and O–H groups in total. The second-order valence-electron chi connectivity index (χ2n) is 2.35. The molecular formula is C6H12O5. The molecule has 5 heteroatoms. The predicted octanol–water partition coefficient (Wildman–Crippen LogP) is -2.35. The molecule has 0 aromatic rings. The molecule has 0 fully saturated rings. The first-order valence-corrected chi connectivity index (χ1v) is 3.18. The van der Waals surface area contributed by atoms with E-state index >= 15 is 0 Å². The molecule has 66 valence electrons. The van der Waals surface area contributed by atoms with E-state index in [0.29, 0.717) is 0 Å². The van der Waals surface area contributed by atoms with E-state index in [0.717, 1.165) is 0 Å². The van der Waals surface area contributed by atoms with Gasteiger partial charge in [0.1, 0.15) is 18.3 Å². The summed E-state index contributed by atoms with van der Waals surface area (Å²) in [4.78, 5) is 9.87. The average molecular weight is 166 g/mol. The van der Waals surface area contributed by atoms with Crippen LogP contribution in [0.2, 0.25) is 0 Å². The number of aldehydes is 1. The Morgan fingerprint density at radius 3 is 1.82 bits per heavy atom. The number of hydrogen-bond acceptors (Lipinski definition) is 5. The summed E-state index contributed by atoms with van der Waals surface area (Å²) in [7, 11) is 0. The fourth-order valence-electron chi connectivity index (χ4n) is 0.568. The maximum atomic E-state index is 9.87. The number of rotatable bonds is 4. The van der Waals surface area contributed by atoms with Gasteiger partial charge in [0.25, 0.3) is 0 Å². The lowest BCUT2D eigenvalue weighted by Crippen LogP contribution is -2.43. The van der Waals surface area contributed by atoms with Crippen molar-refractivity contribution in [3.8, 4) is 0 Å². The first kappa shape index (κ1) is 10.5. The molecular weight excluding hydrogens is 154 g/mol. The molecule has 0 unspecified atom stereocenters. The number of carbonyl (C=O) groups is 1. The van der Waals surface area contributed by atoms with E-state index in [1.807, 2.05) is 0 Å². The van der Waals surface area contributed by atoms with E-state index in [4.69, 9.17) is 20.4 Å². The third-order valence-electron chi connectivity index (χ3n) is 1.33. The van der Waals surface area contributed by atoms with Gasteiger partial charge in [-0.1, -0.05) is 0 Å². The number of carbonyl (C=O) groups excluding carboxylic acids is 1. The van der Waals surface area contributed by atoms with Crippen LogP contribution in [0, 0.1) is 0 Å². The summed E-state index contributed by atoms with van der Waals surface area (Å²) < 4.78 is 0. The van der Waals surface area contributed by atoms with Crippen LogP contribution < -0.4 is 0 Å². The third kappa shape index (κ3) is 2.94. The summed E-state index contributed by atoms with van der Waals surface area (Å²) in [6, 6.07) is 0. The molecule has 0 aromatic heterocycles. The van der Waals surface area contributed by atoms with Crippen LogP contribution in [0.1, 0.15) is 6.92 Å². The number of aliphatic hydroxyl groups is 4. The van der Waals surface area contributed by atoms with Gasteiger partial charge in [-0.3, -0.25) is 0 Å². The molecule has 0 aliphatic carbocycles. The van der Waals surface area contributed by atoms with E-state index in [1.165, 1.54) is 6.92 Å². The Kier molecular flexibility index (Phi) is 4.20. The summed E-state index contributed by atoms with van der Waals surface area (Å²) in [6.45, 7) is 1.24. The monoisotopic (exact) mass is 166 g/mol. The molecule has 0 aliphatic heterocycles. The molecule has 0 heterocycles. The fraction of sp³-hybridized carbons (Fsp3) is 0.833. The van der Waals surface area contributed by atoms with Crippen LogP contribution in [0.3, 0.4) is 0 Å². The van der Waals surface area contributed by atoms with Crippen molar-refractivity contribution in [2.45, 2.75) is 31.3 Å². The minimum absolute atomic E-state index is 0.0935. The Labute approximate surface area is 63.9 Å². The van der Waals surface area contributed by atoms with Crippen molar-refractivity contribution in [3.05, 3.63) is 0 Å². The zero-order valence-corrected chi connectivity index (χ0v) is 6.08. The van der Waals surface area contributed by atoms with E-state index < -0.39 is 24.4 Å². The fourth-order valence-corrected chi connectivity index (χ4v) is 0.568. The summed E-state index contributed by atoms with van der Waals surface area (Å²) in [6.07, 6.45) is -5.88. The summed E-state index contributed by atoms with van der Waals surface area (Å²) in [5.74, 6) is 0. The van der Waals surface area contributed by atoms with Crippen LogP contribution in [0.4, 0.5) is 0 Å². The largest absolute Gasteiger partial charge is 0.391 e. The zero-order chi connectivity index (χ0) is 9.02. The van der Waals surface area contributed by atoms with Crippen molar-refractivity contribution in [1.29, 1.82) is 0 Å². The van der Waals surface area contributed by atoms with E-state index in [9.17, 15) is 4.79 Å². The second kappa shape index (κ2) is 4.40. The molecule has 0 radical (unpaired) electrons. The number of hydrogen-bond donors (Lipinski definition) is 4. The highest BCUT2D eigenvalue weighted by Crippen LogP contribution is 2.02. The Bertz CT molecular complexity index is 124. The lowest BCUT2D eigenvalue weighted by molar-refractivity contribution is -0.132. The molecule has 0 spiro atoms. The normalized spacial score (nSPS) is 21.9. The minimum atomic E-state index is -1.65. The lowest BCUT2D eigenvalue weighted by atomic mass is 10.1. The van der Waals surface area contributed by atoms with Crippen molar-refractivity contribution in [3.63, 3.8) is 0 Å². The molecule has 0 saturated heterocycles. The minimum Gasteiger partial charge on any atom is -0.391 e. The van der Waals surface area contributed by atoms with Gasteiger partial charge in [-0.15, -0.1) is 0 Å². The van der Waals surface area contributed by atoms with E-state index in [-0.39, 0.29) is 6.29 Å². The van der Waals surface area contributed by atoms with Gasteiger partial charge in [-0.2, -0.15) is 0 Å². The van der Waals surface area contributed by atoms with Gasteiger partial charge in [-0.05, 0) is 6.92 Å².